The Labute approximate surface area is 414 Å². The van der Waals surface area contributed by atoms with Gasteiger partial charge in [0.25, 0.3) is 0 Å². The van der Waals surface area contributed by atoms with E-state index in [-0.39, 0.29) is 40.6 Å². The molecule has 3 aliphatic heterocycles. The van der Waals surface area contributed by atoms with E-state index in [1.165, 1.54) is 0 Å². The van der Waals surface area contributed by atoms with Gasteiger partial charge < -0.3 is 84.6 Å². The Kier molecular flexibility index (Phi) is 15.5. The van der Waals surface area contributed by atoms with E-state index in [4.69, 9.17) is 32.6 Å². The zero-order chi connectivity index (χ0) is 52.2. The summed E-state index contributed by atoms with van der Waals surface area (Å²) in [5, 5.41) is 118. The molecular formula is C48H78O22S. The average molecular weight is 1040 g/mol. The van der Waals surface area contributed by atoms with E-state index in [0.717, 1.165) is 12.0 Å². The van der Waals surface area contributed by atoms with Crippen LogP contribution in [0, 0.1) is 50.2 Å². The second-order valence-corrected chi connectivity index (χ2v) is 25.0. The first kappa shape index (κ1) is 55.7. The summed E-state index contributed by atoms with van der Waals surface area (Å²) in [6, 6.07) is 0. The number of fused-ring (bicyclic) bond motifs is 7. The Hall–Kier alpha value is -1.56. The minimum Gasteiger partial charge on any atom is -0.432 e. The Bertz CT molecular complexity index is 2070. The SMILES string of the molecule is CC1(C)CCC2(C(=O)OC3OC(COC4OC(CO)C(O)C(O)C4O)C(O)C(O)C3OC3OC(CO)C(O)C(O)C3O)CCC3(C)C(=CCC4C5(C)CCC(O)C(C)(COS(=O)(=O)O)C5CCC43C)C2C1. The molecule has 0 aromatic rings. The summed E-state index contributed by atoms with van der Waals surface area (Å²) >= 11 is 0. The third kappa shape index (κ3) is 9.38. The van der Waals surface area contributed by atoms with Crippen LogP contribution in [-0.2, 0) is 47.8 Å². The molecule has 408 valence electrons. The molecule has 0 bridgehead atoms. The second kappa shape index (κ2) is 19.8. The average Bonchev–Trinajstić information content (AvgIpc) is 3.31. The lowest BCUT2D eigenvalue weighted by Crippen LogP contribution is -2.67. The highest BCUT2D eigenvalue weighted by Gasteiger charge is 2.70. The molecule has 71 heavy (non-hydrogen) atoms. The third-order valence-electron chi connectivity index (χ3n) is 19.6. The highest BCUT2D eigenvalue weighted by Crippen LogP contribution is 2.76. The van der Waals surface area contributed by atoms with Crippen LogP contribution in [-0.4, -0.2) is 200 Å². The highest BCUT2D eigenvalue weighted by molar-refractivity contribution is 7.80. The molecule has 8 aliphatic rings. The van der Waals surface area contributed by atoms with E-state index >= 15 is 4.79 Å². The van der Waals surface area contributed by atoms with Gasteiger partial charge in [-0.3, -0.25) is 9.35 Å². The molecule has 12 N–H and O–H groups in total. The van der Waals surface area contributed by atoms with Gasteiger partial charge in [-0.15, -0.1) is 0 Å². The molecule has 24 atom stereocenters. The normalized spacial score (nSPS) is 52.0. The molecule has 0 aromatic heterocycles. The van der Waals surface area contributed by atoms with E-state index in [1.807, 2.05) is 6.92 Å². The zero-order valence-electron chi connectivity index (χ0n) is 41.3. The summed E-state index contributed by atoms with van der Waals surface area (Å²) in [5.74, 6) is -1.10. The van der Waals surface area contributed by atoms with Crippen molar-refractivity contribution in [3.05, 3.63) is 11.6 Å². The first-order valence-electron chi connectivity index (χ1n) is 25.1. The minimum atomic E-state index is -4.77. The number of hydrogen-bond donors (Lipinski definition) is 12. The molecule has 8 rings (SSSR count). The summed E-state index contributed by atoms with van der Waals surface area (Å²) in [4.78, 5) is 15.5. The maximum atomic E-state index is 15.5. The molecule has 24 unspecified atom stereocenters. The smallest absolute Gasteiger partial charge is 0.397 e. The second-order valence-electron chi connectivity index (χ2n) is 23.9. The predicted octanol–water partition coefficient (Wildman–Crippen LogP) is -1.06. The number of esters is 1. The topological polar surface area (TPSA) is 359 Å². The van der Waals surface area contributed by atoms with Crippen LogP contribution in [0.25, 0.3) is 0 Å². The van der Waals surface area contributed by atoms with Crippen molar-refractivity contribution in [2.24, 2.45) is 50.2 Å². The number of carbonyl (C=O) groups excluding carboxylic acids is 1. The Morgan fingerprint density at radius 1 is 0.676 bits per heavy atom. The number of carbonyl (C=O) groups is 1. The summed E-state index contributed by atoms with van der Waals surface area (Å²) in [6.07, 6.45) is -19.3. The van der Waals surface area contributed by atoms with Crippen molar-refractivity contribution < 1.29 is 107 Å². The van der Waals surface area contributed by atoms with Crippen LogP contribution in [0.5, 0.6) is 0 Å². The Morgan fingerprint density at radius 2 is 1.25 bits per heavy atom. The first-order chi connectivity index (χ1) is 33.0. The largest absolute Gasteiger partial charge is 0.432 e. The Morgan fingerprint density at radius 3 is 1.87 bits per heavy atom. The van der Waals surface area contributed by atoms with Gasteiger partial charge in [0.1, 0.15) is 67.1 Å². The highest BCUT2D eigenvalue weighted by atomic mass is 32.3. The van der Waals surface area contributed by atoms with Gasteiger partial charge in [-0.25, -0.2) is 4.18 Å². The molecule has 0 radical (unpaired) electrons. The van der Waals surface area contributed by atoms with Gasteiger partial charge in [-0.2, -0.15) is 8.42 Å². The Balaban J connectivity index is 1.10. The van der Waals surface area contributed by atoms with Crippen molar-refractivity contribution in [1.82, 2.24) is 0 Å². The number of rotatable bonds is 12. The molecule has 22 nitrogen and oxygen atoms in total. The number of aliphatic hydroxyl groups is 11. The van der Waals surface area contributed by atoms with Gasteiger partial charge in [0.15, 0.2) is 18.7 Å². The van der Waals surface area contributed by atoms with Crippen LogP contribution >= 0.6 is 0 Å². The van der Waals surface area contributed by atoms with Crippen LogP contribution in [0.15, 0.2) is 11.6 Å². The molecule has 7 fully saturated rings. The molecule has 0 aromatic carbocycles. The van der Waals surface area contributed by atoms with E-state index in [0.29, 0.717) is 57.8 Å². The fourth-order valence-electron chi connectivity index (χ4n) is 15.1. The minimum absolute atomic E-state index is 0.0853. The molecule has 3 saturated heterocycles. The van der Waals surface area contributed by atoms with Crippen LogP contribution < -0.4 is 0 Å². The molecule has 3 heterocycles. The van der Waals surface area contributed by atoms with Crippen molar-refractivity contribution in [2.75, 3.05) is 26.4 Å². The van der Waals surface area contributed by atoms with E-state index < -0.39 is 151 Å². The lowest BCUT2D eigenvalue weighted by molar-refractivity contribution is -0.368. The number of ether oxygens (including phenoxy) is 6. The van der Waals surface area contributed by atoms with Gasteiger partial charge in [0, 0.05) is 5.41 Å². The van der Waals surface area contributed by atoms with Crippen molar-refractivity contribution in [3.8, 4) is 0 Å². The molecule has 0 spiro atoms. The summed E-state index contributed by atoms with van der Waals surface area (Å²) in [6.45, 7) is 10.4. The molecular weight excluding hydrogens is 961 g/mol. The molecule has 0 amide bonds. The van der Waals surface area contributed by atoms with Gasteiger partial charge in [0.2, 0.25) is 6.29 Å². The van der Waals surface area contributed by atoms with Gasteiger partial charge in [-0.05, 0) is 104 Å². The van der Waals surface area contributed by atoms with Crippen LogP contribution in [0.2, 0.25) is 0 Å². The van der Waals surface area contributed by atoms with Crippen molar-refractivity contribution in [2.45, 2.75) is 204 Å². The van der Waals surface area contributed by atoms with E-state index in [9.17, 15) is 69.1 Å². The predicted molar refractivity (Wildman–Crippen MR) is 242 cm³/mol. The maximum absolute atomic E-state index is 15.5. The van der Waals surface area contributed by atoms with Crippen LogP contribution in [0.3, 0.4) is 0 Å². The first-order valence-corrected chi connectivity index (χ1v) is 26.5. The maximum Gasteiger partial charge on any atom is 0.397 e. The summed E-state index contributed by atoms with van der Waals surface area (Å²) in [7, 11) is -4.77. The monoisotopic (exact) mass is 1040 g/mol. The van der Waals surface area contributed by atoms with Gasteiger partial charge in [0.05, 0.1) is 37.9 Å². The van der Waals surface area contributed by atoms with Gasteiger partial charge >= 0.3 is 16.4 Å². The van der Waals surface area contributed by atoms with Crippen molar-refractivity contribution in [1.29, 1.82) is 0 Å². The van der Waals surface area contributed by atoms with E-state index in [2.05, 4.69) is 40.7 Å². The number of aliphatic hydroxyl groups excluding tert-OH is 11. The lowest BCUT2D eigenvalue weighted by atomic mass is 9.33. The van der Waals surface area contributed by atoms with Crippen LogP contribution in [0.1, 0.15) is 106 Å². The van der Waals surface area contributed by atoms with Crippen molar-refractivity contribution in [3.63, 3.8) is 0 Å². The third-order valence-corrected chi connectivity index (χ3v) is 20.0. The standard InChI is InChI=1S/C48H78O22S/c1-43(2)13-15-48(16-14-46(5)22(23(48)17-43)7-8-28-44(3)11-10-29(51)45(4,21-65-71(61,62)63)27(44)9-12-47(28,46)6)42(60)70-41-38(69-40-37(59)34(56)31(53)25(19-50)67-40)35(57)32(54)26(68-41)20-64-39-36(58)33(55)30(52)24(18-49)66-39/h7,23-41,49-59H,8-21H2,1-6H3,(H,61,62,63). The summed E-state index contributed by atoms with van der Waals surface area (Å²) < 4.78 is 73.5. The zero-order valence-corrected chi connectivity index (χ0v) is 42.1. The van der Waals surface area contributed by atoms with Crippen LogP contribution in [0.4, 0.5) is 0 Å². The number of hydrogen-bond acceptors (Lipinski definition) is 21. The quantitative estimate of drug-likeness (QED) is 0.0630. The van der Waals surface area contributed by atoms with Gasteiger partial charge in [-0.1, -0.05) is 53.2 Å². The molecule has 4 saturated carbocycles. The molecule has 5 aliphatic carbocycles. The fraction of sp³-hybridized carbons (Fsp3) is 0.938. The lowest BCUT2D eigenvalue weighted by Gasteiger charge is -2.71. The summed E-state index contributed by atoms with van der Waals surface area (Å²) in [5.41, 5.74) is -2.32. The van der Waals surface area contributed by atoms with Crippen molar-refractivity contribution >= 4 is 16.4 Å². The van der Waals surface area contributed by atoms with E-state index in [1.54, 1.807) is 0 Å². The number of allylic oxidation sites excluding steroid dienone is 2. The molecule has 23 heteroatoms. The fourth-order valence-corrected chi connectivity index (χ4v) is 15.5.